The molecular weight excluding hydrogens is 465 g/mol. The Bertz CT molecular complexity index is 917. The van der Waals surface area contributed by atoms with E-state index in [0.717, 1.165) is 10.0 Å². The zero-order chi connectivity index (χ0) is 21.8. The Morgan fingerprint density at radius 3 is 2.35 bits per heavy atom. The number of carbonyl (C=O) groups excluding carboxylic acids is 2. The smallest absolute Gasteiger partial charge is 0.241 e. The van der Waals surface area contributed by atoms with Crippen molar-refractivity contribution in [2.45, 2.75) is 18.5 Å². The zero-order valence-electron chi connectivity index (χ0n) is 17.0. The maximum Gasteiger partial charge on any atom is 0.241 e. The molecule has 2 aliphatic heterocycles. The van der Waals surface area contributed by atoms with Gasteiger partial charge in [0.15, 0.2) is 0 Å². The lowest BCUT2D eigenvalue weighted by Crippen LogP contribution is -2.54. The molecular formula is C22H25BrFN5O2. The average molecular weight is 490 g/mol. The first-order chi connectivity index (χ1) is 15.0. The van der Waals surface area contributed by atoms with Gasteiger partial charge in [-0.1, -0.05) is 28.1 Å². The molecule has 2 aromatic rings. The van der Waals surface area contributed by atoms with Crippen LogP contribution in [0.5, 0.6) is 0 Å². The summed E-state index contributed by atoms with van der Waals surface area (Å²) in [5.74, 6) is -0.401. The lowest BCUT2D eigenvalue weighted by atomic mass is 10.0. The van der Waals surface area contributed by atoms with Gasteiger partial charge in [0.1, 0.15) is 11.9 Å². The van der Waals surface area contributed by atoms with E-state index in [-0.39, 0.29) is 36.3 Å². The molecule has 164 valence electrons. The summed E-state index contributed by atoms with van der Waals surface area (Å²) in [4.78, 5) is 29.0. The Kier molecular flexibility index (Phi) is 6.96. The maximum atomic E-state index is 13.0. The molecule has 0 saturated carbocycles. The molecule has 3 N–H and O–H groups in total. The molecule has 2 amide bonds. The Labute approximate surface area is 189 Å². The first-order valence-corrected chi connectivity index (χ1v) is 11.1. The fourth-order valence-corrected chi connectivity index (χ4v) is 4.18. The van der Waals surface area contributed by atoms with E-state index < -0.39 is 0 Å². The quantitative estimate of drug-likeness (QED) is 0.600. The minimum atomic E-state index is -0.339. The topological polar surface area (TPSA) is 76.7 Å². The van der Waals surface area contributed by atoms with Crippen LogP contribution in [0.4, 0.5) is 10.1 Å². The molecule has 2 saturated heterocycles. The van der Waals surface area contributed by atoms with Crippen LogP contribution in [0.1, 0.15) is 18.0 Å². The van der Waals surface area contributed by atoms with Crippen LogP contribution in [0.25, 0.3) is 0 Å². The van der Waals surface area contributed by atoms with E-state index in [0.29, 0.717) is 38.3 Å². The number of anilines is 1. The van der Waals surface area contributed by atoms with Crippen molar-refractivity contribution in [2.24, 2.45) is 0 Å². The third kappa shape index (κ3) is 5.68. The number of benzene rings is 2. The molecule has 9 heteroatoms. The predicted molar refractivity (Wildman–Crippen MR) is 120 cm³/mol. The number of amides is 2. The van der Waals surface area contributed by atoms with Gasteiger partial charge in [-0.05, 0) is 48.4 Å². The van der Waals surface area contributed by atoms with Gasteiger partial charge in [0.25, 0.3) is 0 Å². The molecule has 0 radical (unpaired) electrons. The highest BCUT2D eigenvalue weighted by atomic mass is 79.9. The Balaban J connectivity index is 1.22. The predicted octanol–water partition coefficient (Wildman–Crippen LogP) is 2.28. The van der Waals surface area contributed by atoms with Gasteiger partial charge in [-0.15, -0.1) is 0 Å². The monoisotopic (exact) mass is 489 g/mol. The van der Waals surface area contributed by atoms with Gasteiger partial charge >= 0.3 is 0 Å². The average Bonchev–Trinajstić information content (AvgIpc) is 3.26. The highest BCUT2D eigenvalue weighted by Crippen LogP contribution is 2.24. The molecule has 0 spiro atoms. The number of halogens is 2. The van der Waals surface area contributed by atoms with Crippen LogP contribution in [-0.2, 0) is 9.59 Å². The number of hydrogen-bond donors (Lipinski definition) is 3. The standard InChI is InChI=1S/C22H25BrFN5O2/c23-16-3-1-15(2-4-16)19-13-20(27-26-19)22(31)29-11-9-28(10-12-29)14-21(30)25-18-7-5-17(24)6-8-18/h1-8,19-20,26-27H,9-14H2,(H,25,30). The second kappa shape index (κ2) is 9.86. The van der Waals surface area contributed by atoms with Crippen molar-refractivity contribution >= 4 is 33.4 Å². The minimum absolute atomic E-state index is 0.0857. The van der Waals surface area contributed by atoms with Crippen LogP contribution in [0.2, 0.25) is 0 Å². The summed E-state index contributed by atoms with van der Waals surface area (Å²) >= 11 is 3.44. The van der Waals surface area contributed by atoms with Crippen molar-refractivity contribution < 1.29 is 14.0 Å². The summed E-state index contributed by atoms with van der Waals surface area (Å²) in [5.41, 5.74) is 8.07. The minimum Gasteiger partial charge on any atom is -0.339 e. The van der Waals surface area contributed by atoms with Gasteiger partial charge in [-0.2, -0.15) is 0 Å². The summed E-state index contributed by atoms with van der Waals surface area (Å²) in [6, 6.07) is 13.6. The Morgan fingerprint density at radius 1 is 1.00 bits per heavy atom. The third-order valence-electron chi connectivity index (χ3n) is 5.65. The van der Waals surface area contributed by atoms with E-state index in [1.807, 2.05) is 34.1 Å². The van der Waals surface area contributed by atoms with Crippen LogP contribution in [0.3, 0.4) is 0 Å². The molecule has 2 aromatic carbocycles. The number of rotatable bonds is 5. The first kappa shape index (κ1) is 21.9. The number of hydrogen-bond acceptors (Lipinski definition) is 5. The van der Waals surface area contributed by atoms with Crippen LogP contribution in [0, 0.1) is 5.82 Å². The Morgan fingerprint density at radius 2 is 1.68 bits per heavy atom. The molecule has 2 heterocycles. The molecule has 2 aliphatic rings. The highest BCUT2D eigenvalue weighted by Gasteiger charge is 2.34. The van der Waals surface area contributed by atoms with Crippen molar-refractivity contribution in [3.8, 4) is 0 Å². The van der Waals surface area contributed by atoms with Crippen LogP contribution in [-0.4, -0.2) is 60.4 Å². The normalized spacial score (nSPS) is 21.8. The summed E-state index contributed by atoms with van der Waals surface area (Å²) < 4.78 is 14.0. The molecule has 0 aliphatic carbocycles. The number of carbonyl (C=O) groups is 2. The highest BCUT2D eigenvalue weighted by molar-refractivity contribution is 9.10. The number of nitrogens with zero attached hydrogens (tertiary/aromatic N) is 2. The van der Waals surface area contributed by atoms with E-state index >= 15 is 0 Å². The van der Waals surface area contributed by atoms with Crippen molar-refractivity contribution in [1.29, 1.82) is 0 Å². The summed E-state index contributed by atoms with van der Waals surface area (Å²) in [6.07, 6.45) is 0.695. The summed E-state index contributed by atoms with van der Waals surface area (Å²) in [5, 5.41) is 2.77. The Hall–Kier alpha value is -2.33. The SMILES string of the molecule is O=C(CN1CCN(C(=O)C2CC(c3ccc(Br)cc3)NN2)CC1)Nc1ccc(F)cc1. The maximum absolute atomic E-state index is 13.0. The van der Waals surface area contributed by atoms with Crippen LogP contribution < -0.4 is 16.2 Å². The molecule has 2 unspecified atom stereocenters. The zero-order valence-corrected chi connectivity index (χ0v) is 18.6. The fraction of sp³-hybridized carbons (Fsp3) is 0.364. The largest absolute Gasteiger partial charge is 0.339 e. The first-order valence-electron chi connectivity index (χ1n) is 10.3. The number of hydrazine groups is 1. The third-order valence-corrected chi connectivity index (χ3v) is 6.18. The van der Waals surface area contributed by atoms with Gasteiger partial charge in [0.2, 0.25) is 11.8 Å². The van der Waals surface area contributed by atoms with Crippen molar-refractivity contribution in [1.82, 2.24) is 20.7 Å². The van der Waals surface area contributed by atoms with Gasteiger partial charge < -0.3 is 10.2 Å². The van der Waals surface area contributed by atoms with E-state index in [4.69, 9.17) is 0 Å². The lowest BCUT2D eigenvalue weighted by molar-refractivity contribution is -0.135. The molecule has 2 fully saturated rings. The molecule has 2 atom stereocenters. The molecule has 31 heavy (non-hydrogen) atoms. The van der Waals surface area contributed by atoms with E-state index in [2.05, 4.69) is 32.1 Å². The van der Waals surface area contributed by atoms with Crippen LogP contribution in [0.15, 0.2) is 53.0 Å². The molecule has 7 nitrogen and oxygen atoms in total. The van der Waals surface area contributed by atoms with E-state index in [1.54, 1.807) is 0 Å². The number of nitrogens with one attached hydrogen (secondary N) is 3. The van der Waals surface area contributed by atoms with Gasteiger partial charge in [0, 0.05) is 42.4 Å². The summed E-state index contributed by atoms with van der Waals surface area (Å²) in [7, 11) is 0. The second-order valence-electron chi connectivity index (χ2n) is 7.84. The molecule has 0 aromatic heterocycles. The van der Waals surface area contributed by atoms with Gasteiger partial charge in [-0.25, -0.2) is 15.2 Å². The number of piperazine rings is 1. The van der Waals surface area contributed by atoms with Crippen molar-refractivity contribution in [3.05, 3.63) is 64.4 Å². The van der Waals surface area contributed by atoms with Crippen molar-refractivity contribution in [2.75, 3.05) is 38.0 Å². The summed E-state index contributed by atoms with van der Waals surface area (Å²) in [6.45, 7) is 2.69. The van der Waals surface area contributed by atoms with E-state index in [1.165, 1.54) is 24.3 Å². The van der Waals surface area contributed by atoms with Gasteiger partial charge in [-0.3, -0.25) is 14.5 Å². The molecule has 0 bridgehead atoms. The van der Waals surface area contributed by atoms with Crippen molar-refractivity contribution in [3.63, 3.8) is 0 Å². The van der Waals surface area contributed by atoms with E-state index in [9.17, 15) is 14.0 Å². The second-order valence-corrected chi connectivity index (χ2v) is 8.75. The van der Waals surface area contributed by atoms with Crippen LogP contribution >= 0.6 is 15.9 Å². The van der Waals surface area contributed by atoms with Gasteiger partial charge in [0.05, 0.1) is 6.54 Å². The lowest BCUT2D eigenvalue weighted by Gasteiger charge is -2.35. The molecule has 4 rings (SSSR count). The fourth-order valence-electron chi connectivity index (χ4n) is 3.92.